The molecule has 3 rings (SSSR count). The molecule has 3 fully saturated rings. The van der Waals surface area contributed by atoms with Crippen LogP contribution in [0.3, 0.4) is 0 Å². The first kappa shape index (κ1) is 18.6. The fraction of sp³-hybridized carbons (Fsp3) is 0.667. The van der Waals surface area contributed by atoms with Crippen LogP contribution in [0.4, 0.5) is 0 Å². The van der Waals surface area contributed by atoms with Gasteiger partial charge in [-0.2, -0.15) is 0 Å². The van der Waals surface area contributed by atoms with Crippen LogP contribution in [-0.4, -0.2) is 38.9 Å². The summed E-state index contributed by atoms with van der Waals surface area (Å²) < 4.78 is 0. The fourth-order valence-electron chi connectivity index (χ4n) is 5.28. The van der Waals surface area contributed by atoms with Crippen LogP contribution in [0, 0.1) is 11.3 Å². The lowest BCUT2D eigenvalue weighted by Crippen LogP contribution is -2.53. The van der Waals surface area contributed by atoms with Crippen molar-refractivity contribution in [2.75, 3.05) is 0 Å². The van der Waals surface area contributed by atoms with Gasteiger partial charge in [0.15, 0.2) is 5.78 Å². The zero-order chi connectivity index (χ0) is 18.4. The van der Waals surface area contributed by atoms with Gasteiger partial charge >= 0.3 is 0 Å². The number of rotatable bonds is 2. The topological polar surface area (TPSA) is 77.8 Å². The van der Waals surface area contributed by atoms with Crippen molar-refractivity contribution in [3.63, 3.8) is 0 Å². The molecule has 138 valence electrons. The Morgan fingerprint density at radius 3 is 2.60 bits per heavy atom. The molecule has 4 nitrogen and oxygen atoms in total. The Balaban J connectivity index is 1.92. The largest absolute Gasteiger partial charge is 0.393 e. The standard InChI is InChI=1S/C21H30O4/c1-13-4-7-17(23)10-15(13)5-6-16-11-18(24)12-20(3)19(16)8-9-21(20,25)14(2)22/h5-6,17-19,23-25H,1,4,7-12H2,2-3H3/t17-,18-,19+,20+,21-/m1/s1. The second-order valence-corrected chi connectivity index (χ2v) is 8.42. The van der Waals surface area contributed by atoms with Crippen LogP contribution in [0.2, 0.25) is 0 Å². The smallest absolute Gasteiger partial charge is 0.161 e. The van der Waals surface area contributed by atoms with Gasteiger partial charge in [-0.25, -0.2) is 0 Å². The number of hydrogen-bond donors (Lipinski definition) is 3. The monoisotopic (exact) mass is 346 g/mol. The Morgan fingerprint density at radius 2 is 1.92 bits per heavy atom. The molecule has 0 heterocycles. The van der Waals surface area contributed by atoms with Gasteiger partial charge in [0.25, 0.3) is 0 Å². The number of aliphatic hydroxyl groups excluding tert-OH is 2. The van der Waals surface area contributed by atoms with Gasteiger partial charge in [0, 0.05) is 5.41 Å². The van der Waals surface area contributed by atoms with E-state index >= 15 is 0 Å². The lowest BCUT2D eigenvalue weighted by atomic mass is 9.60. The van der Waals surface area contributed by atoms with E-state index in [4.69, 9.17) is 0 Å². The number of carbonyl (C=O) groups is 1. The maximum absolute atomic E-state index is 12.1. The van der Waals surface area contributed by atoms with Crippen molar-refractivity contribution >= 4 is 5.78 Å². The van der Waals surface area contributed by atoms with E-state index in [-0.39, 0.29) is 17.8 Å². The summed E-state index contributed by atoms with van der Waals surface area (Å²) in [5.41, 5.74) is 1.25. The molecule has 3 aliphatic rings. The summed E-state index contributed by atoms with van der Waals surface area (Å²) in [7, 11) is 0. The van der Waals surface area contributed by atoms with Crippen molar-refractivity contribution in [3.8, 4) is 0 Å². The van der Waals surface area contributed by atoms with Gasteiger partial charge in [0.1, 0.15) is 5.60 Å². The number of carbonyl (C=O) groups excluding carboxylic acids is 1. The first-order valence-corrected chi connectivity index (χ1v) is 9.34. The maximum atomic E-state index is 12.1. The molecule has 0 aromatic heterocycles. The van der Waals surface area contributed by atoms with Crippen molar-refractivity contribution in [1.82, 2.24) is 0 Å². The summed E-state index contributed by atoms with van der Waals surface area (Å²) in [5.74, 6) is -0.100. The minimum atomic E-state index is -1.35. The van der Waals surface area contributed by atoms with Crippen LogP contribution in [-0.2, 0) is 4.79 Å². The quantitative estimate of drug-likeness (QED) is 0.718. The zero-order valence-electron chi connectivity index (χ0n) is 15.3. The first-order valence-electron chi connectivity index (χ1n) is 9.34. The maximum Gasteiger partial charge on any atom is 0.161 e. The van der Waals surface area contributed by atoms with E-state index in [9.17, 15) is 20.1 Å². The van der Waals surface area contributed by atoms with Crippen molar-refractivity contribution in [2.45, 2.75) is 76.6 Å². The third kappa shape index (κ3) is 3.05. The summed E-state index contributed by atoms with van der Waals surface area (Å²) in [6.07, 6.45) is 7.63. The van der Waals surface area contributed by atoms with E-state index in [1.54, 1.807) is 0 Å². The van der Waals surface area contributed by atoms with Crippen LogP contribution >= 0.6 is 0 Å². The molecule has 0 aliphatic heterocycles. The predicted octanol–water partition coefficient (Wildman–Crippen LogP) is 2.83. The summed E-state index contributed by atoms with van der Waals surface area (Å²) >= 11 is 0. The third-order valence-electron chi connectivity index (χ3n) is 6.86. The molecule has 0 spiro atoms. The highest BCUT2D eigenvalue weighted by Gasteiger charge is 2.61. The van der Waals surface area contributed by atoms with Gasteiger partial charge in [-0.05, 0) is 63.4 Å². The van der Waals surface area contributed by atoms with E-state index in [0.29, 0.717) is 25.7 Å². The van der Waals surface area contributed by atoms with E-state index in [2.05, 4.69) is 6.58 Å². The Bertz CT molecular complexity index is 646. The van der Waals surface area contributed by atoms with Gasteiger partial charge in [0.2, 0.25) is 0 Å². The molecule has 5 atom stereocenters. The number of hydrogen-bond acceptors (Lipinski definition) is 4. The minimum Gasteiger partial charge on any atom is -0.393 e. The number of ketones is 1. The zero-order valence-corrected chi connectivity index (χ0v) is 15.3. The Morgan fingerprint density at radius 1 is 1.20 bits per heavy atom. The second-order valence-electron chi connectivity index (χ2n) is 8.42. The molecule has 25 heavy (non-hydrogen) atoms. The molecule has 0 aromatic rings. The van der Waals surface area contributed by atoms with Crippen LogP contribution in [0.15, 0.2) is 35.5 Å². The molecular formula is C21H30O4. The van der Waals surface area contributed by atoms with Gasteiger partial charge in [-0.3, -0.25) is 4.79 Å². The van der Waals surface area contributed by atoms with Crippen LogP contribution in [0.5, 0.6) is 0 Å². The molecule has 3 saturated carbocycles. The molecular weight excluding hydrogens is 316 g/mol. The summed E-state index contributed by atoms with van der Waals surface area (Å²) in [4.78, 5) is 12.1. The fourth-order valence-corrected chi connectivity index (χ4v) is 5.28. The lowest BCUT2D eigenvalue weighted by molar-refractivity contribution is -0.152. The molecule has 3 N–H and O–H groups in total. The number of allylic oxidation sites excluding steroid dienone is 3. The van der Waals surface area contributed by atoms with Gasteiger partial charge < -0.3 is 15.3 Å². The molecule has 3 aliphatic carbocycles. The first-order chi connectivity index (χ1) is 11.7. The summed E-state index contributed by atoms with van der Waals surface area (Å²) in [5, 5.41) is 31.3. The molecule has 0 amide bonds. The summed E-state index contributed by atoms with van der Waals surface area (Å²) in [6.45, 7) is 7.49. The Hall–Kier alpha value is -1.23. The average molecular weight is 346 g/mol. The van der Waals surface area contributed by atoms with Gasteiger partial charge in [-0.15, -0.1) is 0 Å². The van der Waals surface area contributed by atoms with E-state index in [0.717, 1.165) is 36.0 Å². The normalized spacial score (nSPS) is 45.0. The van der Waals surface area contributed by atoms with Crippen LogP contribution in [0.1, 0.15) is 58.8 Å². The Kier molecular flexibility index (Phi) is 4.82. The second kappa shape index (κ2) is 6.49. The van der Waals surface area contributed by atoms with Crippen molar-refractivity contribution in [2.24, 2.45) is 11.3 Å². The van der Waals surface area contributed by atoms with E-state index in [1.165, 1.54) is 6.92 Å². The third-order valence-corrected chi connectivity index (χ3v) is 6.86. The van der Waals surface area contributed by atoms with Crippen molar-refractivity contribution < 1.29 is 20.1 Å². The van der Waals surface area contributed by atoms with E-state index in [1.807, 2.05) is 19.1 Å². The lowest BCUT2D eigenvalue weighted by Gasteiger charge is -2.47. The van der Waals surface area contributed by atoms with Gasteiger partial charge in [-0.1, -0.05) is 36.8 Å². The minimum absolute atomic E-state index is 0.100. The van der Waals surface area contributed by atoms with E-state index < -0.39 is 17.1 Å². The molecule has 4 heteroatoms. The number of Topliss-reactive ketones (excluding diaryl/α,β-unsaturated/α-hetero) is 1. The number of fused-ring (bicyclic) bond motifs is 1. The van der Waals surface area contributed by atoms with Crippen LogP contribution < -0.4 is 0 Å². The molecule has 0 radical (unpaired) electrons. The van der Waals surface area contributed by atoms with Crippen molar-refractivity contribution in [1.29, 1.82) is 0 Å². The highest BCUT2D eigenvalue weighted by atomic mass is 16.3. The SMILES string of the molecule is C=C1CC[C@@H](O)CC1=CC=C1C[C@@H](O)C[C@@]2(C)[C@H]1CC[C@@]2(O)C(C)=O. The van der Waals surface area contributed by atoms with Crippen LogP contribution in [0.25, 0.3) is 0 Å². The molecule has 0 bridgehead atoms. The molecule has 0 aromatic carbocycles. The van der Waals surface area contributed by atoms with Crippen molar-refractivity contribution in [3.05, 3.63) is 35.5 Å². The highest BCUT2D eigenvalue weighted by molar-refractivity contribution is 5.86. The summed E-state index contributed by atoms with van der Waals surface area (Å²) in [6, 6.07) is 0. The Labute approximate surface area is 149 Å². The average Bonchev–Trinajstić information content (AvgIpc) is 2.80. The highest BCUT2D eigenvalue weighted by Crippen LogP contribution is 2.59. The molecule has 0 saturated heterocycles. The van der Waals surface area contributed by atoms with Gasteiger partial charge in [0.05, 0.1) is 12.2 Å². The molecule has 0 unspecified atom stereocenters. The number of aliphatic hydroxyl groups is 3. The predicted molar refractivity (Wildman–Crippen MR) is 96.9 cm³/mol.